The van der Waals surface area contributed by atoms with Crippen LogP contribution in [0.1, 0.15) is 13.8 Å². The summed E-state index contributed by atoms with van der Waals surface area (Å²) in [4.78, 5) is 7.88. The van der Waals surface area contributed by atoms with Gasteiger partial charge in [-0.3, -0.25) is 0 Å². The first-order chi connectivity index (χ1) is 5.70. The van der Waals surface area contributed by atoms with Crippen LogP contribution >= 0.6 is 22.6 Å². The fourth-order valence-corrected chi connectivity index (χ4v) is 1.11. The molecule has 0 spiro atoms. The van der Waals surface area contributed by atoms with Crippen LogP contribution in [0, 0.1) is 9.49 Å². The molecule has 0 aliphatic heterocycles. The first-order valence-electron chi connectivity index (χ1n) is 3.78. The van der Waals surface area contributed by atoms with Gasteiger partial charge in [0.2, 0.25) is 5.88 Å². The van der Waals surface area contributed by atoms with Crippen LogP contribution in [0.5, 0.6) is 5.88 Å². The standard InChI is InChI=1S/C8H11IN2O/c1-6(2)4-12-8-7(9)3-10-5-11-8/h3,5-6H,4H2,1-2H3. The molecule has 0 bridgehead atoms. The molecule has 1 aromatic rings. The number of aromatic nitrogens is 2. The van der Waals surface area contributed by atoms with E-state index in [2.05, 4.69) is 46.4 Å². The van der Waals surface area contributed by atoms with Crippen LogP contribution in [0.2, 0.25) is 0 Å². The van der Waals surface area contributed by atoms with Gasteiger partial charge < -0.3 is 4.74 Å². The SMILES string of the molecule is CC(C)COc1ncncc1I. The van der Waals surface area contributed by atoms with Gasteiger partial charge in [-0.2, -0.15) is 0 Å². The predicted molar refractivity (Wildman–Crippen MR) is 55.1 cm³/mol. The molecule has 1 heterocycles. The number of nitrogens with zero attached hydrogens (tertiary/aromatic N) is 2. The molecule has 0 fully saturated rings. The summed E-state index contributed by atoms with van der Waals surface area (Å²) in [5.41, 5.74) is 0. The van der Waals surface area contributed by atoms with Crippen LogP contribution in [0.3, 0.4) is 0 Å². The van der Waals surface area contributed by atoms with E-state index >= 15 is 0 Å². The van der Waals surface area contributed by atoms with E-state index < -0.39 is 0 Å². The summed E-state index contributed by atoms with van der Waals surface area (Å²) in [5.74, 6) is 1.20. The molecule has 1 rings (SSSR count). The minimum absolute atomic E-state index is 0.524. The van der Waals surface area contributed by atoms with E-state index in [-0.39, 0.29) is 0 Å². The third-order valence-corrected chi connectivity index (χ3v) is 1.93. The average Bonchev–Trinajstić information content (AvgIpc) is 2.03. The van der Waals surface area contributed by atoms with Crippen molar-refractivity contribution >= 4 is 22.6 Å². The molecule has 0 aliphatic carbocycles. The number of halogens is 1. The average molecular weight is 278 g/mol. The van der Waals surface area contributed by atoms with E-state index in [0.29, 0.717) is 18.4 Å². The molecule has 66 valence electrons. The number of ether oxygens (including phenoxy) is 1. The fourth-order valence-electron chi connectivity index (χ4n) is 0.653. The van der Waals surface area contributed by atoms with Gasteiger partial charge in [-0.15, -0.1) is 0 Å². The largest absolute Gasteiger partial charge is 0.477 e. The summed E-state index contributed by atoms with van der Waals surface area (Å²) < 4.78 is 6.39. The van der Waals surface area contributed by atoms with E-state index in [4.69, 9.17) is 4.74 Å². The summed E-state index contributed by atoms with van der Waals surface area (Å²) in [6, 6.07) is 0. The Kier molecular flexibility index (Phi) is 3.71. The zero-order valence-corrected chi connectivity index (χ0v) is 9.28. The molecule has 0 saturated carbocycles. The Labute approximate surface area is 85.7 Å². The molecule has 3 nitrogen and oxygen atoms in total. The fraction of sp³-hybridized carbons (Fsp3) is 0.500. The van der Waals surface area contributed by atoms with Crippen molar-refractivity contribution in [1.29, 1.82) is 0 Å². The van der Waals surface area contributed by atoms with Gasteiger partial charge in [0.25, 0.3) is 0 Å². The topological polar surface area (TPSA) is 35.0 Å². The minimum atomic E-state index is 0.524. The van der Waals surface area contributed by atoms with E-state index in [1.165, 1.54) is 6.33 Å². The van der Waals surface area contributed by atoms with E-state index in [1.54, 1.807) is 6.20 Å². The molecule has 0 atom stereocenters. The van der Waals surface area contributed by atoms with E-state index in [9.17, 15) is 0 Å². The highest BCUT2D eigenvalue weighted by atomic mass is 127. The van der Waals surface area contributed by atoms with Crippen molar-refractivity contribution in [3.8, 4) is 5.88 Å². The van der Waals surface area contributed by atoms with E-state index in [0.717, 1.165) is 3.57 Å². The van der Waals surface area contributed by atoms with Crippen molar-refractivity contribution in [2.24, 2.45) is 5.92 Å². The molecule has 0 saturated heterocycles. The Balaban J connectivity index is 2.57. The molecular weight excluding hydrogens is 267 g/mol. The lowest BCUT2D eigenvalue weighted by atomic mass is 10.2. The summed E-state index contributed by atoms with van der Waals surface area (Å²) in [5, 5.41) is 0. The summed E-state index contributed by atoms with van der Waals surface area (Å²) in [7, 11) is 0. The quantitative estimate of drug-likeness (QED) is 0.794. The van der Waals surface area contributed by atoms with E-state index in [1.807, 2.05) is 0 Å². The first kappa shape index (κ1) is 9.70. The normalized spacial score (nSPS) is 10.3. The maximum Gasteiger partial charge on any atom is 0.230 e. The van der Waals surface area contributed by atoms with Crippen LogP contribution in [0.25, 0.3) is 0 Å². The van der Waals surface area contributed by atoms with Crippen LogP contribution in [-0.4, -0.2) is 16.6 Å². The Morgan fingerprint density at radius 3 is 2.92 bits per heavy atom. The lowest BCUT2D eigenvalue weighted by Crippen LogP contribution is -2.06. The molecule has 0 aromatic carbocycles. The van der Waals surface area contributed by atoms with Crippen molar-refractivity contribution in [3.63, 3.8) is 0 Å². The van der Waals surface area contributed by atoms with Crippen molar-refractivity contribution in [2.45, 2.75) is 13.8 Å². The number of hydrogen-bond acceptors (Lipinski definition) is 3. The lowest BCUT2D eigenvalue weighted by molar-refractivity contribution is 0.259. The highest BCUT2D eigenvalue weighted by molar-refractivity contribution is 14.1. The van der Waals surface area contributed by atoms with Gasteiger partial charge in [0.1, 0.15) is 6.33 Å². The molecule has 0 amide bonds. The summed E-state index contributed by atoms with van der Waals surface area (Å²) in [6.07, 6.45) is 3.24. The Morgan fingerprint density at radius 2 is 2.33 bits per heavy atom. The second kappa shape index (κ2) is 4.59. The Bertz CT molecular complexity index is 253. The molecule has 1 aromatic heterocycles. The lowest BCUT2D eigenvalue weighted by Gasteiger charge is -2.07. The van der Waals surface area contributed by atoms with Gasteiger partial charge in [-0.05, 0) is 28.5 Å². The molecule has 0 radical (unpaired) electrons. The van der Waals surface area contributed by atoms with Gasteiger partial charge in [0.15, 0.2) is 0 Å². The highest BCUT2D eigenvalue weighted by Gasteiger charge is 2.02. The van der Waals surface area contributed by atoms with Gasteiger partial charge in [-0.25, -0.2) is 9.97 Å². The van der Waals surface area contributed by atoms with Crippen molar-refractivity contribution < 1.29 is 4.74 Å². The van der Waals surface area contributed by atoms with Gasteiger partial charge in [0.05, 0.1) is 10.2 Å². The molecule has 0 N–H and O–H groups in total. The van der Waals surface area contributed by atoms with Crippen LogP contribution in [0.4, 0.5) is 0 Å². The van der Waals surface area contributed by atoms with Crippen molar-refractivity contribution in [3.05, 3.63) is 16.1 Å². The third kappa shape index (κ3) is 2.92. The maximum atomic E-state index is 5.44. The molecule has 12 heavy (non-hydrogen) atoms. The second-order valence-corrected chi connectivity index (χ2v) is 4.04. The zero-order valence-electron chi connectivity index (χ0n) is 7.12. The monoisotopic (exact) mass is 278 g/mol. The molecular formula is C8H11IN2O. The second-order valence-electron chi connectivity index (χ2n) is 2.88. The van der Waals surface area contributed by atoms with Crippen molar-refractivity contribution in [1.82, 2.24) is 9.97 Å². The number of rotatable bonds is 3. The summed E-state index contributed by atoms with van der Waals surface area (Å²) in [6.45, 7) is 4.91. The van der Waals surface area contributed by atoms with Crippen molar-refractivity contribution in [2.75, 3.05) is 6.61 Å². The summed E-state index contributed by atoms with van der Waals surface area (Å²) >= 11 is 2.16. The predicted octanol–water partition coefficient (Wildman–Crippen LogP) is 2.12. The zero-order chi connectivity index (χ0) is 8.97. The Hall–Kier alpha value is -0.390. The van der Waals surface area contributed by atoms with Gasteiger partial charge in [0, 0.05) is 6.20 Å². The molecule has 0 unspecified atom stereocenters. The van der Waals surface area contributed by atoms with Gasteiger partial charge in [-0.1, -0.05) is 13.8 Å². The van der Waals surface area contributed by atoms with Crippen LogP contribution in [0.15, 0.2) is 12.5 Å². The Morgan fingerprint density at radius 1 is 1.58 bits per heavy atom. The highest BCUT2D eigenvalue weighted by Crippen LogP contribution is 2.15. The molecule has 0 aliphatic rings. The van der Waals surface area contributed by atoms with Crippen LogP contribution < -0.4 is 4.74 Å². The van der Waals surface area contributed by atoms with Gasteiger partial charge >= 0.3 is 0 Å². The minimum Gasteiger partial charge on any atom is -0.477 e. The van der Waals surface area contributed by atoms with Crippen LogP contribution in [-0.2, 0) is 0 Å². The smallest absolute Gasteiger partial charge is 0.230 e. The third-order valence-electron chi connectivity index (χ3n) is 1.19. The molecule has 4 heteroatoms. The number of hydrogen-bond donors (Lipinski definition) is 0. The maximum absolute atomic E-state index is 5.44. The first-order valence-corrected chi connectivity index (χ1v) is 4.86.